The average Bonchev–Trinajstić information content (AvgIpc) is 2.53. The summed E-state index contributed by atoms with van der Waals surface area (Å²) >= 11 is 0. The van der Waals surface area contributed by atoms with Gasteiger partial charge in [0.25, 0.3) is 5.91 Å². The lowest BCUT2D eigenvalue weighted by Crippen LogP contribution is -2.41. The van der Waals surface area contributed by atoms with E-state index in [1.807, 2.05) is 39.0 Å². The number of aromatic nitrogens is 2. The molecule has 0 saturated carbocycles. The molecule has 1 aliphatic rings. The highest BCUT2D eigenvalue weighted by molar-refractivity contribution is 5.92. The number of fused-ring (bicyclic) bond motifs is 1. The third-order valence-corrected chi connectivity index (χ3v) is 3.18. The van der Waals surface area contributed by atoms with Crippen LogP contribution in [0.1, 0.15) is 31.3 Å². The summed E-state index contributed by atoms with van der Waals surface area (Å²) in [7, 11) is 0. The van der Waals surface area contributed by atoms with Crippen LogP contribution >= 0.6 is 0 Å². The zero-order valence-corrected chi connectivity index (χ0v) is 13.9. The van der Waals surface area contributed by atoms with Crippen molar-refractivity contribution >= 4 is 17.5 Å². The molecule has 0 radical (unpaired) electrons. The SMILES string of the molecule is CC(C)(C)NC(=O)c1ccnc(Nc2ccc3c(c2)OCCO3)n1. The number of anilines is 2. The Morgan fingerprint density at radius 3 is 2.62 bits per heavy atom. The summed E-state index contributed by atoms with van der Waals surface area (Å²) < 4.78 is 11.0. The molecule has 0 aliphatic carbocycles. The van der Waals surface area contributed by atoms with Crippen molar-refractivity contribution in [3.05, 3.63) is 36.2 Å². The number of amides is 1. The first-order chi connectivity index (χ1) is 11.4. The molecule has 2 N–H and O–H groups in total. The molecule has 2 heterocycles. The van der Waals surface area contributed by atoms with E-state index in [4.69, 9.17) is 9.47 Å². The number of hydrogen-bond acceptors (Lipinski definition) is 6. The minimum atomic E-state index is -0.328. The van der Waals surface area contributed by atoms with Crippen LogP contribution < -0.4 is 20.1 Å². The van der Waals surface area contributed by atoms with Gasteiger partial charge in [-0.15, -0.1) is 0 Å². The van der Waals surface area contributed by atoms with Crippen molar-refractivity contribution in [2.45, 2.75) is 26.3 Å². The molecule has 0 bridgehead atoms. The van der Waals surface area contributed by atoms with E-state index in [9.17, 15) is 4.79 Å². The van der Waals surface area contributed by atoms with Crippen LogP contribution in [-0.4, -0.2) is 34.6 Å². The molecule has 7 nitrogen and oxygen atoms in total. The van der Waals surface area contributed by atoms with Crippen molar-refractivity contribution in [3.63, 3.8) is 0 Å². The van der Waals surface area contributed by atoms with E-state index in [0.717, 1.165) is 5.69 Å². The Bertz CT molecular complexity index is 756. The summed E-state index contributed by atoms with van der Waals surface area (Å²) in [6.07, 6.45) is 1.55. The molecular formula is C17H20N4O3. The van der Waals surface area contributed by atoms with Crippen molar-refractivity contribution in [2.75, 3.05) is 18.5 Å². The Labute approximate surface area is 140 Å². The molecule has 0 saturated heterocycles. The van der Waals surface area contributed by atoms with Gasteiger partial charge in [-0.05, 0) is 39.0 Å². The Hall–Kier alpha value is -2.83. The molecule has 0 unspecified atom stereocenters. The lowest BCUT2D eigenvalue weighted by molar-refractivity contribution is 0.0914. The topological polar surface area (TPSA) is 85.4 Å². The maximum absolute atomic E-state index is 12.2. The second-order valence-corrected chi connectivity index (χ2v) is 6.45. The van der Waals surface area contributed by atoms with E-state index < -0.39 is 0 Å². The maximum Gasteiger partial charge on any atom is 0.270 e. The Balaban J connectivity index is 1.76. The minimum absolute atomic E-state index is 0.241. The second kappa shape index (κ2) is 6.35. The predicted octanol–water partition coefficient (Wildman–Crippen LogP) is 2.52. The van der Waals surface area contributed by atoms with E-state index in [-0.39, 0.29) is 11.4 Å². The smallest absolute Gasteiger partial charge is 0.270 e. The molecule has 0 spiro atoms. The number of ether oxygens (including phenoxy) is 2. The van der Waals surface area contributed by atoms with Crippen LogP contribution in [0.5, 0.6) is 11.5 Å². The van der Waals surface area contributed by atoms with E-state index in [2.05, 4.69) is 20.6 Å². The Morgan fingerprint density at radius 1 is 1.12 bits per heavy atom. The van der Waals surface area contributed by atoms with Crippen molar-refractivity contribution < 1.29 is 14.3 Å². The van der Waals surface area contributed by atoms with Crippen LogP contribution in [0.15, 0.2) is 30.5 Å². The van der Waals surface area contributed by atoms with E-state index in [0.29, 0.717) is 36.4 Å². The number of rotatable bonds is 3. The Morgan fingerprint density at radius 2 is 1.88 bits per heavy atom. The zero-order chi connectivity index (χ0) is 17.2. The monoisotopic (exact) mass is 328 g/mol. The first-order valence-electron chi connectivity index (χ1n) is 7.73. The van der Waals surface area contributed by atoms with Crippen LogP contribution in [0.3, 0.4) is 0 Å². The molecule has 1 aliphatic heterocycles. The van der Waals surface area contributed by atoms with E-state index in [1.54, 1.807) is 12.3 Å². The van der Waals surface area contributed by atoms with Crippen molar-refractivity contribution in [1.82, 2.24) is 15.3 Å². The highest BCUT2D eigenvalue weighted by Gasteiger charge is 2.17. The Kier molecular flexibility index (Phi) is 4.24. The quantitative estimate of drug-likeness (QED) is 0.900. The normalized spacial score (nSPS) is 13.3. The molecule has 1 aromatic heterocycles. The predicted molar refractivity (Wildman–Crippen MR) is 90.0 cm³/mol. The fraction of sp³-hybridized carbons (Fsp3) is 0.353. The molecule has 1 aromatic carbocycles. The van der Waals surface area contributed by atoms with Crippen molar-refractivity contribution in [3.8, 4) is 11.5 Å². The summed E-state index contributed by atoms with van der Waals surface area (Å²) in [5.74, 6) is 1.49. The van der Waals surface area contributed by atoms with Gasteiger partial charge in [-0.1, -0.05) is 0 Å². The standard InChI is InChI=1S/C17H20N4O3/c1-17(2,3)21-15(22)12-6-7-18-16(20-12)19-11-4-5-13-14(10-11)24-9-8-23-13/h4-7,10H,8-9H2,1-3H3,(H,21,22)(H,18,19,20). The zero-order valence-electron chi connectivity index (χ0n) is 13.9. The molecule has 0 fully saturated rings. The third-order valence-electron chi connectivity index (χ3n) is 3.18. The number of hydrogen-bond donors (Lipinski definition) is 2. The lowest BCUT2D eigenvalue weighted by Gasteiger charge is -2.20. The van der Waals surface area contributed by atoms with Crippen LogP contribution in [0.2, 0.25) is 0 Å². The van der Waals surface area contributed by atoms with Gasteiger partial charge in [-0.3, -0.25) is 4.79 Å². The van der Waals surface area contributed by atoms with Gasteiger partial charge in [0.2, 0.25) is 5.95 Å². The molecule has 7 heteroatoms. The fourth-order valence-corrected chi connectivity index (χ4v) is 2.20. The summed E-state index contributed by atoms with van der Waals surface area (Å²) in [4.78, 5) is 20.6. The van der Waals surface area contributed by atoms with E-state index in [1.165, 1.54) is 0 Å². The number of carbonyl (C=O) groups excluding carboxylic acids is 1. The fourth-order valence-electron chi connectivity index (χ4n) is 2.20. The minimum Gasteiger partial charge on any atom is -0.486 e. The number of nitrogens with zero attached hydrogens (tertiary/aromatic N) is 2. The molecule has 1 amide bonds. The average molecular weight is 328 g/mol. The number of nitrogens with one attached hydrogen (secondary N) is 2. The van der Waals surface area contributed by atoms with Gasteiger partial charge in [-0.25, -0.2) is 9.97 Å². The second-order valence-electron chi connectivity index (χ2n) is 6.45. The van der Waals surface area contributed by atoms with Gasteiger partial charge in [0.15, 0.2) is 11.5 Å². The van der Waals surface area contributed by atoms with Gasteiger partial charge < -0.3 is 20.1 Å². The van der Waals surface area contributed by atoms with E-state index >= 15 is 0 Å². The molecule has 2 aromatic rings. The molecule has 24 heavy (non-hydrogen) atoms. The first kappa shape index (κ1) is 16.0. The number of benzene rings is 1. The van der Waals surface area contributed by atoms with Gasteiger partial charge in [0.05, 0.1) is 0 Å². The molecule has 126 valence electrons. The summed E-state index contributed by atoms with van der Waals surface area (Å²) in [5, 5.41) is 5.95. The highest BCUT2D eigenvalue weighted by atomic mass is 16.6. The maximum atomic E-state index is 12.2. The summed E-state index contributed by atoms with van der Waals surface area (Å²) in [6, 6.07) is 7.07. The van der Waals surface area contributed by atoms with Crippen LogP contribution in [0.4, 0.5) is 11.6 Å². The van der Waals surface area contributed by atoms with Crippen LogP contribution in [-0.2, 0) is 0 Å². The third kappa shape index (κ3) is 3.92. The van der Waals surface area contributed by atoms with Gasteiger partial charge in [0, 0.05) is 23.5 Å². The summed E-state index contributed by atoms with van der Waals surface area (Å²) in [5.41, 5.74) is 0.735. The lowest BCUT2D eigenvalue weighted by atomic mass is 10.1. The number of carbonyl (C=O) groups is 1. The molecular weight excluding hydrogens is 308 g/mol. The van der Waals surface area contributed by atoms with Gasteiger partial charge >= 0.3 is 0 Å². The summed E-state index contributed by atoms with van der Waals surface area (Å²) in [6.45, 7) is 6.82. The van der Waals surface area contributed by atoms with Crippen LogP contribution in [0.25, 0.3) is 0 Å². The van der Waals surface area contributed by atoms with Crippen molar-refractivity contribution in [1.29, 1.82) is 0 Å². The first-order valence-corrected chi connectivity index (χ1v) is 7.73. The van der Waals surface area contributed by atoms with Crippen molar-refractivity contribution in [2.24, 2.45) is 0 Å². The van der Waals surface area contributed by atoms with Gasteiger partial charge in [-0.2, -0.15) is 0 Å². The largest absolute Gasteiger partial charge is 0.486 e. The molecule has 0 atom stereocenters. The molecule has 3 rings (SSSR count). The van der Waals surface area contributed by atoms with Gasteiger partial charge in [0.1, 0.15) is 18.9 Å². The van der Waals surface area contributed by atoms with Crippen LogP contribution in [0, 0.1) is 0 Å². The highest BCUT2D eigenvalue weighted by Crippen LogP contribution is 2.33.